The number of carbonyl (C=O) groups is 1. The first-order valence-electron chi connectivity index (χ1n) is 11.7. The van der Waals surface area contributed by atoms with Gasteiger partial charge in [0.05, 0.1) is 36.2 Å². The molecule has 6 rings (SSSR count). The first-order valence-corrected chi connectivity index (χ1v) is 11.7. The molecule has 3 N–H and O–H groups in total. The molecule has 0 spiro atoms. The SMILES string of the molecule is CC(C)(O)COC1(N2CC3CC(C2)N3C(=O)C(N)c2ccc(F)cc2)C=Cc2c(C#N)cnn2C1. The van der Waals surface area contributed by atoms with Crippen LogP contribution in [-0.2, 0) is 16.1 Å². The number of ether oxygens (including phenoxy) is 1. The second-order valence-corrected chi connectivity index (χ2v) is 10.2. The highest BCUT2D eigenvalue weighted by Crippen LogP contribution is 2.40. The van der Waals surface area contributed by atoms with Gasteiger partial charge in [0.1, 0.15) is 17.9 Å². The predicted molar refractivity (Wildman–Crippen MR) is 125 cm³/mol. The summed E-state index contributed by atoms with van der Waals surface area (Å²) in [6.07, 6.45) is 6.18. The monoisotopic (exact) mass is 480 g/mol. The number of carbonyl (C=O) groups excluding carboxylic acids is 1. The average molecular weight is 481 g/mol. The van der Waals surface area contributed by atoms with Gasteiger partial charge in [-0.25, -0.2) is 4.39 Å². The molecule has 184 valence electrons. The maximum Gasteiger partial charge on any atom is 0.244 e. The molecule has 5 heterocycles. The molecule has 4 atom stereocenters. The third-order valence-electron chi connectivity index (χ3n) is 7.03. The summed E-state index contributed by atoms with van der Waals surface area (Å²) in [6.45, 7) is 4.96. The van der Waals surface area contributed by atoms with Gasteiger partial charge in [0, 0.05) is 25.2 Å². The van der Waals surface area contributed by atoms with Crippen molar-refractivity contribution in [1.29, 1.82) is 5.26 Å². The van der Waals surface area contributed by atoms with Crippen LogP contribution in [0.5, 0.6) is 0 Å². The zero-order valence-electron chi connectivity index (χ0n) is 19.8. The van der Waals surface area contributed by atoms with Crippen LogP contribution in [0.1, 0.15) is 43.1 Å². The molecule has 2 bridgehead atoms. The van der Waals surface area contributed by atoms with Gasteiger partial charge in [0.25, 0.3) is 0 Å². The maximum absolute atomic E-state index is 13.3. The van der Waals surface area contributed by atoms with Crippen molar-refractivity contribution in [2.75, 3.05) is 19.7 Å². The van der Waals surface area contributed by atoms with Crippen LogP contribution in [0.15, 0.2) is 36.5 Å². The summed E-state index contributed by atoms with van der Waals surface area (Å²) < 4.78 is 21.4. The van der Waals surface area contributed by atoms with E-state index in [0.717, 1.165) is 12.1 Å². The molecule has 1 aromatic carbocycles. The van der Waals surface area contributed by atoms with Crippen molar-refractivity contribution in [1.82, 2.24) is 19.6 Å². The van der Waals surface area contributed by atoms with E-state index in [9.17, 15) is 19.6 Å². The minimum atomic E-state index is -1.04. The van der Waals surface area contributed by atoms with Crippen LogP contribution >= 0.6 is 0 Å². The van der Waals surface area contributed by atoms with E-state index in [0.29, 0.717) is 30.8 Å². The number of aromatic nitrogens is 2. The molecule has 1 amide bonds. The third-order valence-corrected chi connectivity index (χ3v) is 7.03. The van der Waals surface area contributed by atoms with E-state index >= 15 is 0 Å². The molecule has 0 radical (unpaired) electrons. The highest BCUT2D eigenvalue weighted by Gasteiger charge is 2.53. The standard InChI is InChI=1S/C25H29FN6O3/c1-24(2,34)15-35-25(8-7-21-17(10-27)11-29-31(21)14-25)30-12-19-9-20(13-30)32(19)23(33)22(28)16-3-5-18(26)6-4-16/h3-8,11,19-20,22,34H,9,12-15,28H2,1-2H3. The maximum atomic E-state index is 13.3. The highest BCUT2D eigenvalue weighted by molar-refractivity contribution is 5.84. The first-order chi connectivity index (χ1) is 16.6. The number of halogens is 1. The minimum absolute atomic E-state index is 0.0301. The quantitative estimate of drug-likeness (QED) is 0.641. The number of fused-ring (bicyclic) bond motifs is 3. The van der Waals surface area contributed by atoms with Crippen LogP contribution in [-0.4, -0.2) is 73.7 Å². The lowest BCUT2D eigenvalue weighted by Crippen LogP contribution is -2.74. The summed E-state index contributed by atoms with van der Waals surface area (Å²) in [5.74, 6) is -0.542. The van der Waals surface area contributed by atoms with E-state index in [1.165, 1.54) is 18.3 Å². The molecule has 2 aromatic rings. The minimum Gasteiger partial charge on any atom is -0.388 e. The number of hydrogen-bond acceptors (Lipinski definition) is 7. The van der Waals surface area contributed by atoms with E-state index in [2.05, 4.69) is 16.1 Å². The third kappa shape index (κ3) is 4.25. The molecule has 10 heteroatoms. The van der Waals surface area contributed by atoms with E-state index in [1.807, 2.05) is 17.1 Å². The predicted octanol–water partition coefficient (Wildman–Crippen LogP) is 1.39. The van der Waals surface area contributed by atoms with Gasteiger partial charge in [0.2, 0.25) is 5.91 Å². The van der Waals surface area contributed by atoms with E-state index in [-0.39, 0.29) is 30.4 Å². The zero-order valence-corrected chi connectivity index (χ0v) is 19.8. The van der Waals surface area contributed by atoms with Gasteiger partial charge in [-0.2, -0.15) is 10.4 Å². The number of nitrogens with two attached hydrogens (primary N) is 1. The Morgan fingerprint density at radius 2 is 2.06 bits per heavy atom. The number of piperazine rings is 1. The van der Waals surface area contributed by atoms with Crippen molar-refractivity contribution in [3.63, 3.8) is 0 Å². The number of hydrogen-bond donors (Lipinski definition) is 2. The van der Waals surface area contributed by atoms with Crippen molar-refractivity contribution < 1.29 is 19.0 Å². The molecule has 4 unspecified atom stereocenters. The number of benzene rings is 1. The molecule has 0 aliphatic carbocycles. The van der Waals surface area contributed by atoms with Crippen LogP contribution in [0, 0.1) is 17.1 Å². The van der Waals surface area contributed by atoms with E-state index in [1.54, 1.807) is 30.7 Å². The summed E-state index contributed by atoms with van der Waals surface area (Å²) >= 11 is 0. The van der Waals surface area contributed by atoms with Crippen LogP contribution in [0.25, 0.3) is 6.08 Å². The highest BCUT2D eigenvalue weighted by atomic mass is 19.1. The van der Waals surface area contributed by atoms with Crippen molar-refractivity contribution >= 4 is 12.0 Å². The summed E-state index contributed by atoms with van der Waals surface area (Å²) in [5, 5.41) is 24.1. The molecular formula is C25H29FN6O3. The normalized spacial score (nSPS) is 26.6. The Bertz CT molecular complexity index is 1190. The largest absolute Gasteiger partial charge is 0.388 e. The van der Waals surface area contributed by atoms with Crippen molar-refractivity contribution in [2.24, 2.45) is 5.73 Å². The van der Waals surface area contributed by atoms with Gasteiger partial charge >= 0.3 is 0 Å². The fourth-order valence-electron chi connectivity index (χ4n) is 5.20. The number of rotatable bonds is 6. The summed E-state index contributed by atoms with van der Waals surface area (Å²) in [7, 11) is 0. The molecule has 1 aromatic heterocycles. The Labute approximate surface area is 203 Å². The molecule has 3 saturated heterocycles. The Morgan fingerprint density at radius 3 is 2.69 bits per heavy atom. The van der Waals surface area contributed by atoms with Gasteiger partial charge in [-0.15, -0.1) is 0 Å². The van der Waals surface area contributed by atoms with Gasteiger partial charge < -0.3 is 20.5 Å². The Balaban J connectivity index is 1.35. The lowest BCUT2D eigenvalue weighted by atomic mass is 9.84. The molecule has 4 aliphatic rings. The fraction of sp³-hybridized carbons (Fsp3) is 0.480. The molecule has 9 nitrogen and oxygen atoms in total. The van der Waals surface area contributed by atoms with Gasteiger partial charge in [-0.3, -0.25) is 14.4 Å². The Morgan fingerprint density at radius 1 is 1.37 bits per heavy atom. The number of amides is 1. The number of nitriles is 1. The van der Waals surface area contributed by atoms with Gasteiger partial charge in [-0.05, 0) is 50.1 Å². The van der Waals surface area contributed by atoms with E-state index in [4.69, 9.17) is 10.5 Å². The average Bonchev–Trinajstić information content (AvgIpc) is 3.24. The number of piperidine rings is 1. The molecule has 4 aliphatic heterocycles. The zero-order chi connectivity index (χ0) is 25.0. The van der Waals surface area contributed by atoms with E-state index < -0.39 is 17.4 Å². The van der Waals surface area contributed by atoms with Crippen molar-refractivity contribution in [3.05, 3.63) is 59.2 Å². The lowest BCUT2D eigenvalue weighted by molar-refractivity contribution is -0.207. The summed E-state index contributed by atoms with van der Waals surface area (Å²) in [5.41, 5.74) is 6.12. The number of nitrogens with zero attached hydrogens (tertiary/aromatic N) is 5. The number of aliphatic hydroxyl groups is 1. The Kier molecular flexibility index (Phi) is 5.76. The van der Waals surface area contributed by atoms with Crippen LogP contribution in [0.4, 0.5) is 4.39 Å². The summed E-state index contributed by atoms with van der Waals surface area (Å²) in [4.78, 5) is 17.2. The Hall–Kier alpha value is -3.10. The lowest BCUT2D eigenvalue weighted by Gasteiger charge is -2.60. The molecular weight excluding hydrogens is 451 g/mol. The topological polar surface area (TPSA) is 121 Å². The summed E-state index contributed by atoms with van der Waals surface area (Å²) in [6, 6.07) is 6.95. The second-order valence-electron chi connectivity index (χ2n) is 10.2. The van der Waals surface area contributed by atoms with Gasteiger partial charge in [0.15, 0.2) is 5.72 Å². The smallest absolute Gasteiger partial charge is 0.244 e. The second kappa shape index (κ2) is 8.53. The molecule has 3 fully saturated rings. The van der Waals surface area contributed by atoms with Crippen LogP contribution < -0.4 is 5.73 Å². The fourth-order valence-corrected chi connectivity index (χ4v) is 5.20. The van der Waals surface area contributed by atoms with Gasteiger partial charge in [-0.1, -0.05) is 12.1 Å². The molecule has 35 heavy (non-hydrogen) atoms. The van der Waals surface area contributed by atoms with Crippen LogP contribution in [0.2, 0.25) is 0 Å². The van der Waals surface area contributed by atoms with Crippen LogP contribution in [0.3, 0.4) is 0 Å². The first kappa shape index (κ1) is 23.6. The van der Waals surface area contributed by atoms with Crippen molar-refractivity contribution in [2.45, 2.75) is 56.3 Å². The van der Waals surface area contributed by atoms with Crippen molar-refractivity contribution in [3.8, 4) is 6.07 Å². The molecule has 0 saturated carbocycles.